The van der Waals surface area contributed by atoms with Crippen molar-refractivity contribution in [3.8, 4) is 11.1 Å². The molecule has 0 fully saturated rings. The Bertz CT molecular complexity index is 1100. The summed E-state index contributed by atoms with van der Waals surface area (Å²) in [4.78, 5) is 22.6. The molecule has 13 heteroatoms. The van der Waals surface area contributed by atoms with E-state index in [4.69, 9.17) is 47.7 Å². The maximum atomic E-state index is 12.2. The van der Waals surface area contributed by atoms with Gasteiger partial charge in [-0.25, -0.2) is 4.79 Å². The van der Waals surface area contributed by atoms with Gasteiger partial charge in [0.05, 0.1) is 106 Å². The van der Waals surface area contributed by atoms with Crippen LogP contribution < -0.4 is 5.32 Å². The van der Waals surface area contributed by atoms with Crippen LogP contribution in [0.4, 0.5) is 4.79 Å². The molecule has 0 bridgehead atoms. The Morgan fingerprint density at radius 1 is 0.542 bits per heavy atom. The second-order valence-electron chi connectivity index (χ2n) is 10.6. The van der Waals surface area contributed by atoms with Crippen LogP contribution in [0.15, 0.2) is 48.5 Å². The first-order valence-corrected chi connectivity index (χ1v) is 16.6. The number of alkyl carbamates (subject to hydrolysis) is 1. The fourth-order valence-corrected chi connectivity index (χ4v) is 4.82. The summed E-state index contributed by atoms with van der Waals surface area (Å²) in [7, 11) is 0. The topological polar surface area (TPSA) is 149 Å². The molecule has 0 heterocycles. The lowest BCUT2D eigenvalue weighted by Crippen LogP contribution is -2.27. The maximum Gasteiger partial charge on any atom is 0.407 e. The summed E-state index contributed by atoms with van der Waals surface area (Å²) in [5.74, 6) is -0.830. The van der Waals surface area contributed by atoms with Crippen molar-refractivity contribution in [2.45, 2.75) is 18.8 Å². The Labute approximate surface area is 283 Å². The lowest BCUT2D eigenvalue weighted by atomic mass is 9.98. The molecule has 0 spiro atoms. The summed E-state index contributed by atoms with van der Waals surface area (Å²) in [5.41, 5.74) is 4.79. The summed E-state index contributed by atoms with van der Waals surface area (Å²) in [5, 5.41) is 11.3. The zero-order valence-electron chi connectivity index (χ0n) is 27.8. The fraction of sp³-hybridized carbons (Fsp3) is 0.600. The number of carbonyl (C=O) groups excluding carboxylic acids is 1. The van der Waals surface area contributed by atoms with E-state index in [-0.39, 0.29) is 18.9 Å². The van der Waals surface area contributed by atoms with E-state index in [0.717, 1.165) is 0 Å². The quantitative estimate of drug-likeness (QED) is 0.117. The third-order valence-electron chi connectivity index (χ3n) is 7.14. The highest BCUT2D eigenvalue weighted by molar-refractivity contribution is 5.79. The van der Waals surface area contributed by atoms with E-state index >= 15 is 0 Å². The Hall–Kier alpha value is -3.14. The number of hydrogen-bond acceptors (Lipinski definition) is 11. The third kappa shape index (κ3) is 16.8. The number of carbonyl (C=O) groups is 2. The molecule has 0 atom stereocenters. The van der Waals surface area contributed by atoms with Crippen molar-refractivity contribution in [2.24, 2.45) is 0 Å². The summed E-state index contributed by atoms with van der Waals surface area (Å²) in [6, 6.07) is 16.5. The molecule has 268 valence electrons. The number of carboxylic acids is 1. The molecule has 0 unspecified atom stereocenters. The zero-order valence-corrected chi connectivity index (χ0v) is 27.8. The maximum absolute atomic E-state index is 12.2. The van der Waals surface area contributed by atoms with Crippen molar-refractivity contribution in [2.75, 3.05) is 119 Å². The number of benzene rings is 2. The third-order valence-corrected chi connectivity index (χ3v) is 7.14. The van der Waals surface area contributed by atoms with E-state index < -0.39 is 12.1 Å². The first-order valence-electron chi connectivity index (χ1n) is 16.6. The van der Waals surface area contributed by atoms with Crippen molar-refractivity contribution in [1.29, 1.82) is 0 Å². The van der Waals surface area contributed by atoms with Gasteiger partial charge in [-0.3, -0.25) is 4.79 Å². The SMILES string of the molecule is O=C(O)CCOCCOCCOCCOCCOCCOCCOCCOCCCNC(=O)OCC1c2ccccc2-c2ccccc21. The smallest absolute Gasteiger partial charge is 0.407 e. The van der Waals surface area contributed by atoms with Crippen molar-refractivity contribution in [3.63, 3.8) is 0 Å². The first kappa shape index (κ1) is 39.3. The molecule has 1 amide bonds. The molecule has 0 radical (unpaired) electrons. The summed E-state index contributed by atoms with van der Waals surface area (Å²) >= 11 is 0. The van der Waals surface area contributed by atoms with E-state index in [0.29, 0.717) is 119 Å². The van der Waals surface area contributed by atoms with E-state index in [9.17, 15) is 9.59 Å². The van der Waals surface area contributed by atoms with Crippen LogP contribution in [-0.4, -0.2) is 136 Å². The van der Waals surface area contributed by atoms with Gasteiger partial charge in [-0.2, -0.15) is 0 Å². The molecule has 3 rings (SSSR count). The molecule has 0 saturated carbocycles. The van der Waals surface area contributed by atoms with E-state index in [1.165, 1.54) is 22.3 Å². The van der Waals surface area contributed by atoms with Crippen LogP contribution in [0.1, 0.15) is 29.9 Å². The van der Waals surface area contributed by atoms with Crippen molar-refractivity contribution in [3.05, 3.63) is 59.7 Å². The molecule has 2 N–H and O–H groups in total. The molecule has 48 heavy (non-hydrogen) atoms. The largest absolute Gasteiger partial charge is 0.481 e. The van der Waals surface area contributed by atoms with Crippen LogP contribution in [0.3, 0.4) is 0 Å². The predicted molar refractivity (Wildman–Crippen MR) is 176 cm³/mol. The van der Waals surface area contributed by atoms with Crippen LogP contribution in [0.5, 0.6) is 0 Å². The average Bonchev–Trinajstić information content (AvgIpc) is 3.42. The predicted octanol–water partition coefficient (Wildman–Crippen LogP) is 3.52. The normalized spacial score (nSPS) is 12.2. The van der Waals surface area contributed by atoms with Crippen LogP contribution in [0, 0.1) is 0 Å². The van der Waals surface area contributed by atoms with Crippen molar-refractivity contribution < 1.29 is 57.3 Å². The van der Waals surface area contributed by atoms with Gasteiger partial charge in [0.25, 0.3) is 0 Å². The molecular weight excluding hydrogens is 626 g/mol. The zero-order chi connectivity index (χ0) is 33.9. The molecule has 1 aliphatic carbocycles. The molecule has 0 saturated heterocycles. The van der Waals surface area contributed by atoms with Gasteiger partial charge in [0.15, 0.2) is 0 Å². The Morgan fingerprint density at radius 3 is 1.33 bits per heavy atom. The van der Waals surface area contributed by atoms with Crippen LogP contribution in [0.25, 0.3) is 11.1 Å². The van der Waals surface area contributed by atoms with Gasteiger partial charge in [-0.1, -0.05) is 48.5 Å². The Morgan fingerprint density at radius 2 is 0.917 bits per heavy atom. The second kappa shape index (κ2) is 25.8. The van der Waals surface area contributed by atoms with Gasteiger partial charge in [0.2, 0.25) is 0 Å². The lowest BCUT2D eigenvalue weighted by molar-refractivity contribution is -0.138. The van der Waals surface area contributed by atoms with Gasteiger partial charge in [0.1, 0.15) is 6.61 Å². The molecule has 13 nitrogen and oxygen atoms in total. The Kier molecular flexibility index (Phi) is 21.1. The van der Waals surface area contributed by atoms with E-state index in [2.05, 4.69) is 29.6 Å². The van der Waals surface area contributed by atoms with E-state index in [1.54, 1.807) is 0 Å². The number of rotatable bonds is 30. The molecule has 0 aliphatic heterocycles. The number of carboxylic acid groups (broad SMARTS) is 1. The van der Waals surface area contributed by atoms with Crippen LogP contribution in [-0.2, 0) is 47.4 Å². The molecule has 1 aliphatic rings. The highest BCUT2D eigenvalue weighted by Gasteiger charge is 2.28. The van der Waals surface area contributed by atoms with Gasteiger partial charge in [0, 0.05) is 19.1 Å². The highest BCUT2D eigenvalue weighted by atomic mass is 16.6. The number of amides is 1. The van der Waals surface area contributed by atoms with Crippen LogP contribution in [0.2, 0.25) is 0 Å². The minimum atomic E-state index is -0.877. The fourth-order valence-electron chi connectivity index (χ4n) is 4.82. The van der Waals surface area contributed by atoms with Gasteiger partial charge >= 0.3 is 12.1 Å². The molecular formula is C35H51NO12. The summed E-state index contributed by atoms with van der Waals surface area (Å²) in [6.45, 7) is 7.87. The minimum absolute atomic E-state index is 0.00571. The minimum Gasteiger partial charge on any atom is -0.481 e. The van der Waals surface area contributed by atoms with Crippen LogP contribution >= 0.6 is 0 Å². The number of nitrogens with one attached hydrogen (secondary N) is 1. The van der Waals surface area contributed by atoms with E-state index in [1.807, 2.05) is 24.3 Å². The van der Waals surface area contributed by atoms with Gasteiger partial charge in [-0.15, -0.1) is 0 Å². The lowest BCUT2D eigenvalue weighted by Gasteiger charge is -2.14. The number of aliphatic carboxylic acids is 1. The second-order valence-corrected chi connectivity index (χ2v) is 10.6. The monoisotopic (exact) mass is 677 g/mol. The van der Waals surface area contributed by atoms with Crippen molar-refractivity contribution >= 4 is 12.1 Å². The summed E-state index contributed by atoms with van der Waals surface area (Å²) in [6.07, 6.45) is 0.254. The number of ether oxygens (including phenoxy) is 9. The molecule has 2 aromatic carbocycles. The van der Waals surface area contributed by atoms with Gasteiger partial charge in [-0.05, 0) is 28.7 Å². The molecule has 0 aromatic heterocycles. The van der Waals surface area contributed by atoms with Gasteiger partial charge < -0.3 is 53.1 Å². The highest BCUT2D eigenvalue weighted by Crippen LogP contribution is 2.44. The number of hydrogen-bond donors (Lipinski definition) is 2. The molecule has 2 aromatic rings. The standard InChI is InChI=1S/C35H51NO12/c37-34(38)10-13-41-15-17-43-19-21-45-23-25-47-27-26-46-24-22-44-20-18-42-16-14-40-12-5-11-36-35(39)48-28-33-31-8-3-1-6-29(31)30-7-2-4-9-32(30)33/h1-4,6-9,33H,5,10-28H2,(H,36,39)(H,37,38). The summed E-state index contributed by atoms with van der Waals surface area (Å²) < 4.78 is 48.8. The van der Waals surface area contributed by atoms with Crippen molar-refractivity contribution in [1.82, 2.24) is 5.32 Å². The number of fused-ring (bicyclic) bond motifs is 3. The average molecular weight is 678 g/mol. The Balaban J connectivity index is 0.989. The first-order chi connectivity index (χ1) is 23.7.